The molecule has 0 aliphatic carbocycles. The number of amides is 2. The van der Waals surface area contributed by atoms with Gasteiger partial charge in [0.25, 0.3) is 0 Å². The zero-order chi connectivity index (χ0) is 22.3. The first-order valence-corrected chi connectivity index (χ1v) is 12.3. The standard InChI is InChI=1S/C22H21ClN2O4S2/c23-17-10-8-16(9-11-17)12-13-24-21(26)22(27)25-15-20(19-7-4-14-30-19)31(28,29)18-5-2-1-3-6-18/h1-11,14,20H,12-13,15H2,(H,24,26)(H,25,27)/t20-/m1/s1. The first kappa shape index (κ1) is 23.0. The highest BCUT2D eigenvalue weighted by Gasteiger charge is 2.31. The third-order valence-electron chi connectivity index (χ3n) is 4.57. The van der Waals surface area contributed by atoms with Gasteiger partial charge in [-0.05, 0) is 47.7 Å². The fraction of sp³-hybridized carbons (Fsp3) is 0.182. The quantitative estimate of drug-likeness (QED) is 0.487. The van der Waals surface area contributed by atoms with Crippen LogP contribution in [0.1, 0.15) is 15.7 Å². The Hall–Kier alpha value is -2.68. The zero-order valence-electron chi connectivity index (χ0n) is 16.5. The van der Waals surface area contributed by atoms with E-state index in [9.17, 15) is 18.0 Å². The molecule has 0 bridgehead atoms. The number of rotatable bonds is 8. The second-order valence-corrected chi connectivity index (χ2v) is 10.3. The van der Waals surface area contributed by atoms with Crippen molar-refractivity contribution in [2.24, 2.45) is 0 Å². The minimum Gasteiger partial charge on any atom is -0.348 e. The average molecular weight is 477 g/mol. The Labute approximate surface area is 190 Å². The Kier molecular flexibility index (Phi) is 7.84. The zero-order valence-corrected chi connectivity index (χ0v) is 18.8. The van der Waals surface area contributed by atoms with Crippen molar-refractivity contribution in [3.63, 3.8) is 0 Å². The molecule has 0 spiro atoms. The molecule has 0 aliphatic rings. The molecule has 0 unspecified atom stereocenters. The van der Waals surface area contributed by atoms with Crippen molar-refractivity contribution >= 4 is 44.6 Å². The van der Waals surface area contributed by atoms with Crippen LogP contribution in [0.2, 0.25) is 5.02 Å². The van der Waals surface area contributed by atoms with Crippen LogP contribution < -0.4 is 10.6 Å². The minimum absolute atomic E-state index is 0.162. The molecule has 0 fully saturated rings. The van der Waals surface area contributed by atoms with E-state index in [-0.39, 0.29) is 18.0 Å². The second kappa shape index (κ2) is 10.6. The van der Waals surface area contributed by atoms with Gasteiger partial charge in [-0.2, -0.15) is 0 Å². The molecule has 162 valence electrons. The first-order valence-electron chi connectivity index (χ1n) is 9.51. The van der Waals surface area contributed by atoms with Crippen LogP contribution >= 0.6 is 22.9 Å². The SMILES string of the molecule is O=C(NCCc1ccc(Cl)cc1)C(=O)NC[C@H](c1cccs1)S(=O)(=O)c1ccccc1. The van der Waals surface area contributed by atoms with Crippen LogP contribution in [0, 0.1) is 0 Å². The highest BCUT2D eigenvalue weighted by molar-refractivity contribution is 7.91. The van der Waals surface area contributed by atoms with Crippen molar-refractivity contribution in [1.29, 1.82) is 0 Å². The van der Waals surface area contributed by atoms with Crippen molar-refractivity contribution in [1.82, 2.24) is 10.6 Å². The summed E-state index contributed by atoms with van der Waals surface area (Å²) in [4.78, 5) is 25.1. The van der Waals surface area contributed by atoms with E-state index in [4.69, 9.17) is 11.6 Å². The Morgan fingerprint density at radius 3 is 2.23 bits per heavy atom. The Morgan fingerprint density at radius 1 is 0.903 bits per heavy atom. The molecule has 0 saturated heterocycles. The second-order valence-electron chi connectivity index (χ2n) is 6.70. The van der Waals surface area contributed by atoms with E-state index in [1.54, 1.807) is 47.8 Å². The number of hydrogen-bond acceptors (Lipinski definition) is 5. The largest absolute Gasteiger partial charge is 0.348 e. The lowest BCUT2D eigenvalue weighted by Gasteiger charge is -2.17. The summed E-state index contributed by atoms with van der Waals surface area (Å²) in [5.41, 5.74) is 0.969. The number of carbonyl (C=O) groups is 2. The summed E-state index contributed by atoms with van der Waals surface area (Å²) in [5.74, 6) is -1.68. The van der Waals surface area contributed by atoms with Gasteiger partial charge in [0.15, 0.2) is 9.84 Å². The van der Waals surface area contributed by atoms with Crippen molar-refractivity contribution in [3.05, 3.63) is 87.6 Å². The van der Waals surface area contributed by atoms with Crippen molar-refractivity contribution < 1.29 is 18.0 Å². The van der Waals surface area contributed by atoms with Crippen molar-refractivity contribution in [3.8, 4) is 0 Å². The molecule has 1 aromatic heterocycles. The van der Waals surface area contributed by atoms with Gasteiger partial charge in [0.1, 0.15) is 5.25 Å². The van der Waals surface area contributed by atoms with Gasteiger partial charge in [0.05, 0.1) is 4.90 Å². The lowest BCUT2D eigenvalue weighted by molar-refractivity contribution is -0.139. The van der Waals surface area contributed by atoms with Crippen LogP contribution in [0.25, 0.3) is 0 Å². The number of thiophene rings is 1. The first-order chi connectivity index (χ1) is 14.9. The van der Waals surface area contributed by atoms with Crippen LogP contribution in [0.5, 0.6) is 0 Å². The Morgan fingerprint density at radius 2 is 1.58 bits per heavy atom. The molecule has 0 radical (unpaired) electrons. The maximum atomic E-state index is 13.1. The van der Waals surface area contributed by atoms with Gasteiger partial charge >= 0.3 is 11.8 Å². The van der Waals surface area contributed by atoms with Crippen molar-refractivity contribution in [2.45, 2.75) is 16.6 Å². The summed E-state index contributed by atoms with van der Waals surface area (Å²) in [6, 6.07) is 18.7. The topological polar surface area (TPSA) is 92.3 Å². The molecule has 2 amide bonds. The van der Waals surface area contributed by atoms with E-state index in [1.807, 2.05) is 12.1 Å². The number of sulfone groups is 1. The van der Waals surface area contributed by atoms with E-state index in [0.29, 0.717) is 16.3 Å². The lowest BCUT2D eigenvalue weighted by Crippen LogP contribution is -2.42. The summed E-state index contributed by atoms with van der Waals surface area (Å²) in [6.07, 6.45) is 0.538. The van der Waals surface area contributed by atoms with Crippen LogP contribution in [-0.2, 0) is 25.8 Å². The van der Waals surface area contributed by atoms with Crippen LogP contribution in [0.3, 0.4) is 0 Å². The van der Waals surface area contributed by atoms with E-state index in [1.165, 1.54) is 23.5 Å². The average Bonchev–Trinajstić information content (AvgIpc) is 3.30. The third-order valence-corrected chi connectivity index (χ3v) is 8.06. The summed E-state index contributed by atoms with van der Waals surface area (Å²) < 4.78 is 26.2. The molecule has 6 nitrogen and oxygen atoms in total. The molecule has 3 rings (SSSR count). The maximum Gasteiger partial charge on any atom is 0.309 e. The van der Waals surface area contributed by atoms with Gasteiger partial charge in [0.2, 0.25) is 0 Å². The van der Waals surface area contributed by atoms with Crippen molar-refractivity contribution in [2.75, 3.05) is 13.1 Å². The van der Waals surface area contributed by atoms with Gasteiger partial charge in [0, 0.05) is 23.0 Å². The summed E-state index contributed by atoms with van der Waals surface area (Å²) in [7, 11) is -3.75. The highest BCUT2D eigenvalue weighted by Crippen LogP contribution is 2.31. The molecule has 1 heterocycles. The predicted molar refractivity (Wildman–Crippen MR) is 122 cm³/mol. The Bertz CT molecular complexity index is 1120. The number of halogens is 1. The van der Waals surface area contributed by atoms with E-state index in [2.05, 4.69) is 10.6 Å². The molecule has 2 N–H and O–H groups in total. The highest BCUT2D eigenvalue weighted by atomic mass is 35.5. The van der Waals surface area contributed by atoms with E-state index >= 15 is 0 Å². The molecule has 3 aromatic rings. The van der Waals surface area contributed by atoms with E-state index in [0.717, 1.165) is 5.56 Å². The summed E-state index contributed by atoms with van der Waals surface area (Å²) >= 11 is 7.13. The summed E-state index contributed by atoms with van der Waals surface area (Å²) in [5, 5.41) is 6.42. The predicted octanol–water partition coefficient (Wildman–Crippen LogP) is 3.39. The molecule has 2 aromatic carbocycles. The normalized spacial score (nSPS) is 12.2. The number of carbonyl (C=O) groups excluding carboxylic acids is 2. The lowest BCUT2D eigenvalue weighted by atomic mass is 10.1. The maximum absolute atomic E-state index is 13.1. The number of benzene rings is 2. The van der Waals surface area contributed by atoms with Crippen LogP contribution in [0.4, 0.5) is 0 Å². The third kappa shape index (κ3) is 6.16. The van der Waals surface area contributed by atoms with Crippen LogP contribution in [-0.4, -0.2) is 33.3 Å². The van der Waals surface area contributed by atoms with Crippen LogP contribution in [0.15, 0.2) is 77.0 Å². The summed E-state index contributed by atoms with van der Waals surface area (Å²) in [6.45, 7) is 0.0612. The molecule has 1 atom stereocenters. The Balaban J connectivity index is 1.60. The molecule has 0 saturated carbocycles. The van der Waals surface area contributed by atoms with Gasteiger partial charge in [-0.25, -0.2) is 8.42 Å². The minimum atomic E-state index is -3.75. The number of hydrogen-bond donors (Lipinski definition) is 2. The smallest absolute Gasteiger partial charge is 0.309 e. The van der Waals surface area contributed by atoms with E-state index < -0.39 is 26.9 Å². The molecular weight excluding hydrogens is 456 g/mol. The van der Waals surface area contributed by atoms with Gasteiger partial charge in [-0.15, -0.1) is 11.3 Å². The fourth-order valence-corrected chi connectivity index (χ4v) is 5.86. The van der Waals surface area contributed by atoms with Gasteiger partial charge in [-0.3, -0.25) is 9.59 Å². The molecule has 31 heavy (non-hydrogen) atoms. The van der Waals surface area contributed by atoms with Gasteiger partial charge in [-0.1, -0.05) is 48.0 Å². The number of nitrogens with one attached hydrogen (secondary N) is 2. The fourth-order valence-electron chi connectivity index (χ4n) is 2.93. The molecule has 9 heteroatoms. The monoisotopic (exact) mass is 476 g/mol. The molecular formula is C22H21ClN2O4S2. The van der Waals surface area contributed by atoms with Gasteiger partial charge < -0.3 is 10.6 Å². The molecule has 0 aliphatic heterocycles.